The first-order valence-corrected chi connectivity index (χ1v) is 9.46. The van der Waals surface area contributed by atoms with Crippen LogP contribution in [0.4, 0.5) is 5.69 Å². The number of methoxy groups -OCH3 is 4. The van der Waals surface area contributed by atoms with Gasteiger partial charge in [-0.1, -0.05) is 30.0 Å². The molecule has 0 unspecified atom stereocenters. The summed E-state index contributed by atoms with van der Waals surface area (Å²) in [4.78, 5) is 15.0. The molecule has 8 heteroatoms. The van der Waals surface area contributed by atoms with Crippen LogP contribution in [0, 0.1) is 0 Å². The largest absolute Gasteiger partial charge is 0.497 e. The quantitative estimate of drug-likeness (QED) is 0.517. The minimum absolute atomic E-state index is 0.215. The van der Waals surface area contributed by atoms with E-state index in [1.54, 1.807) is 57.7 Å². The Morgan fingerprint density at radius 3 is 2.25 bits per heavy atom. The Balaban J connectivity index is 1.95. The standard InChI is InChI=1S/C20H19NO5S2/c1-23-13-6-7-14(16(11-13)25-3)21-19(22)18(28-20(21)27)10-12-5-8-15(24-2)17(9-12)26-4/h5-11H,1-4H3/b18-10-. The number of hydrogen-bond donors (Lipinski definition) is 0. The lowest BCUT2D eigenvalue weighted by Gasteiger charge is -2.18. The second-order valence-electron chi connectivity index (χ2n) is 5.67. The number of carbonyl (C=O) groups is 1. The second kappa shape index (κ2) is 8.53. The Kier molecular flexibility index (Phi) is 6.11. The first-order valence-electron chi connectivity index (χ1n) is 8.24. The minimum atomic E-state index is -0.215. The lowest BCUT2D eigenvalue weighted by atomic mass is 10.1. The van der Waals surface area contributed by atoms with Gasteiger partial charge in [-0.05, 0) is 35.9 Å². The van der Waals surface area contributed by atoms with Gasteiger partial charge in [0.05, 0.1) is 39.0 Å². The molecule has 2 aromatic carbocycles. The van der Waals surface area contributed by atoms with Crippen molar-refractivity contribution < 1.29 is 23.7 Å². The summed E-state index contributed by atoms with van der Waals surface area (Å²) in [5.74, 6) is 2.13. The molecule has 1 saturated heterocycles. The number of rotatable bonds is 6. The molecule has 0 saturated carbocycles. The highest BCUT2D eigenvalue weighted by molar-refractivity contribution is 8.27. The molecular weight excluding hydrogens is 398 g/mol. The van der Waals surface area contributed by atoms with Crippen LogP contribution in [0.15, 0.2) is 41.3 Å². The maximum Gasteiger partial charge on any atom is 0.270 e. The minimum Gasteiger partial charge on any atom is -0.497 e. The number of anilines is 1. The molecule has 0 aliphatic carbocycles. The normalized spacial score (nSPS) is 15.1. The average Bonchev–Trinajstić information content (AvgIpc) is 3.00. The second-order valence-corrected chi connectivity index (χ2v) is 7.35. The SMILES string of the molecule is COc1ccc(N2C(=O)/C(=C/c3ccc(OC)c(OC)c3)SC2=S)c(OC)c1. The number of amides is 1. The van der Waals surface area contributed by atoms with Gasteiger partial charge in [-0.3, -0.25) is 9.69 Å². The molecular formula is C20H19NO5S2. The van der Waals surface area contributed by atoms with Crippen LogP contribution in [-0.4, -0.2) is 38.7 Å². The summed E-state index contributed by atoms with van der Waals surface area (Å²) in [7, 11) is 6.25. The fourth-order valence-corrected chi connectivity index (χ4v) is 4.02. The molecule has 1 amide bonds. The molecule has 0 N–H and O–H groups in total. The number of nitrogens with zero attached hydrogens (tertiary/aromatic N) is 1. The first-order chi connectivity index (χ1) is 13.5. The number of thioether (sulfide) groups is 1. The summed E-state index contributed by atoms with van der Waals surface area (Å²) in [5.41, 5.74) is 1.38. The summed E-state index contributed by atoms with van der Waals surface area (Å²) >= 11 is 6.68. The third-order valence-electron chi connectivity index (χ3n) is 4.13. The van der Waals surface area contributed by atoms with E-state index < -0.39 is 0 Å². The molecule has 1 aliphatic heterocycles. The van der Waals surface area contributed by atoms with E-state index in [2.05, 4.69) is 0 Å². The van der Waals surface area contributed by atoms with Gasteiger partial charge in [0.15, 0.2) is 15.8 Å². The van der Waals surface area contributed by atoms with Crippen molar-refractivity contribution in [3.8, 4) is 23.0 Å². The van der Waals surface area contributed by atoms with E-state index in [0.29, 0.717) is 37.9 Å². The molecule has 3 rings (SSSR count). The van der Waals surface area contributed by atoms with Crippen molar-refractivity contribution in [1.29, 1.82) is 0 Å². The number of thiocarbonyl (C=S) groups is 1. The summed E-state index contributed by atoms with van der Waals surface area (Å²) in [6.07, 6.45) is 1.78. The van der Waals surface area contributed by atoms with Crippen LogP contribution in [0.1, 0.15) is 5.56 Å². The van der Waals surface area contributed by atoms with Crippen LogP contribution in [-0.2, 0) is 4.79 Å². The molecule has 1 heterocycles. The van der Waals surface area contributed by atoms with Crippen molar-refractivity contribution in [3.63, 3.8) is 0 Å². The molecule has 28 heavy (non-hydrogen) atoms. The summed E-state index contributed by atoms with van der Waals surface area (Å²) in [6.45, 7) is 0. The molecule has 0 spiro atoms. The van der Waals surface area contributed by atoms with Crippen LogP contribution in [0.25, 0.3) is 6.08 Å². The number of benzene rings is 2. The van der Waals surface area contributed by atoms with E-state index in [9.17, 15) is 4.79 Å². The molecule has 1 fully saturated rings. The summed E-state index contributed by atoms with van der Waals surface area (Å²) in [6, 6.07) is 10.7. The van der Waals surface area contributed by atoms with Gasteiger partial charge in [0.1, 0.15) is 11.5 Å². The van der Waals surface area contributed by atoms with Crippen molar-refractivity contribution in [2.24, 2.45) is 0 Å². The Labute approximate surface area is 173 Å². The zero-order valence-corrected chi connectivity index (χ0v) is 17.5. The Morgan fingerprint density at radius 2 is 1.61 bits per heavy atom. The van der Waals surface area contributed by atoms with Gasteiger partial charge in [-0.2, -0.15) is 0 Å². The predicted molar refractivity (Wildman–Crippen MR) is 115 cm³/mol. The van der Waals surface area contributed by atoms with Crippen molar-refractivity contribution in [2.45, 2.75) is 0 Å². The molecule has 0 aromatic heterocycles. The molecule has 2 aromatic rings. The van der Waals surface area contributed by atoms with Crippen molar-refractivity contribution >= 4 is 46.0 Å². The highest BCUT2D eigenvalue weighted by Gasteiger charge is 2.35. The van der Waals surface area contributed by atoms with Gasteiger partial charge < -0.3 is 18.9 Å². The van der Waals surface area contributed by atoms with Gasteiger partial charge in [0.2, 0.25) is 0 Å². The fraction of sp³-hybridized carbons (Fsp3) is 0.200. The summed E-state index contributed by atoms with van der Waals surface area (Å²) < 4.78 is 21.6. The van der Waals surface area contributed by atoms with Crippen molar-refractivity contribution in [2.75, 3.05) is 33.3 Å². The number of ether oxygens (including phenoxy) is 4. The van der Waals surface area contributed by atoms with E-state index >= 15 is 0 Å². The smallest absolute Gasteiger partial charge is 0.270 e. The molecule has 0 bridgehead atoms. The highest BCUT2D eigenvalue weighted by atomic mass is 32.2. The average molecular weight is 418 g/mol. The van der Waals surface area contributed by atoms with Crippen LogP contribution in [0.2, 0.25) is 0 Å². The van der Waals surface area contributed by atoms with Crippen molar-refractivity contribution in [3.05, 3.63) is 46.9 Å². The zero-order valence-electron chi connectivity index (χ0n) is 15.8. The highest BCUT2D eigenvalue weighted by Crippen LogP contribution is 2.41. The van der Waals surface area contributed by atoms with Crippen LogP contribution in [0.5, 0.6) is 23.0 Å². The number of carbonyl (C=O) groups excluding carboxylic acids is 1. The molecule has 1 aliphatic rings. The molecule has 146 valence electrons. The number of hydrogen-bond acceptors (Lipinski definition) is 7. The third kappa shape index (κ3) is 3.79. The monoisotopic (exact) mass is 417 g/mol. The van der Waals surface area contributed by atoms with Crippen LogP contribution >= 0.6 is 24.0 Å². The van der Waals surface area contributed by atoms with E-state index in [-0.39, 0.29) is 5.91 Å². The van der Waals surface area contributed by atoms with Gasteiger partial charge in [-0.25, -0.2) is 0 Å². The van der Waals surface area contributed by atoms with E-state index in [0.717, 1.165) is 5.56 Å². The lowest BCUT2D eigenvalue weighted by molar-refractivity contribution is -0.113. The molecule has 0 atom stereocenters. The Bertz CT molecular complexity index is 958. The topological polar surface area (TPSA) is 57.2 Å². The predicted octanol–water partition coefficient (Wildman–Crippen LogP) is 4.13. The molecule has 0 radical (unpaired) electrons. The van der Waals surface area contributed by atoms with Crippen LogP contribution < -0.4 is 23.8 Å². The Morgan fingerprint density at radius 1 is 0.893 bits per heavy atom. The maximum atomic E-state index is 13.0. The van der Waals surface area contributed by atoms with Gasteiger partial charge in [-0.15, -0.1) is 0 Å². The van der Waals surface area contributed by atoms with Crippen molar-refractivity contribution in [1.82, 2.24) is 0 Å². The van der Waals surface area contributed by atoms with Gasteiger partial charge in [0, 0.05) is 6.07 Å². The summed E-state index contributed by atoms with van der Waals surface area (Å²) in [5, 5.41) is 0. The molecule has 6 nitrogen and oxygen atoms in total. The Hall–Kier alpha value is -2.71. The van der Waals surface area contributed by atoms with Gasteiger partial charge in [0.25, 0.3) is 5.91 Å². The fourth-order valence-electron chi connectivity index (χ4n) is 2.74. The maximum absolute atomic E-state index is 13.0. The third-order valence-corrected chi connectivity index (χ3v) is 5.43. The zero-order chi connectivity index (χ0) is 20.3. The van der Waals surface area contributed by atoms with E-state index in [4.69, 9.17) is 31.2 Å². The van der Waals surface area contributed by atoms with E-state index in [1.807, 2.05) is 6.07 Å². The first kappa shape index (κ1) is 20.0. The van der Waals surface area contributed by atoms with E-state index in [1.165, 1.54) is 23.8 Å². The van der Waals surface area contributed by atoms with Crippen LogP contribution in [0.3, 0.4) is 0 Å². The lowest BCUT2D eigenvalue weighted by Crippen LogP contribution is -2.27. The van der Waals surface area contributed by atoms with Gasteiger partial charge >= 0.3 is 0 Å².